The molecular formula is C14H19BrO5S. The molecule has 0 unspecified atom stereocenters. The van der Waals surface area contributed by atoms with Gasteiger partial charge in [-0.05, 0) is 30.5 Å². The second-order valence-corrected chi connectivity index (χ2v) is 8.05. The summed E-state index contributed by atoms with van der Waals surface area (Å²) in [6.07, 6.45) is 0.858. The number of benzene rings is 1. The molecule has 0 radical (unpaired) electrons. The van der Waals surface area contributed by atoms with Crippen molar-refractivity contribution in [2.75, 3.05) is 19.0 Å². The number of hydrogen-bond acceptors (Lipinski definition) is 4. The first-order valence-corrected chi connectivity index (χ1v) is 9.02. The first-order chi connectivity index (χ1) is 9.74. The molecule has 0 aliphatic heterocycles. The van der Waals surface area contributed by atoms with E-state index in [0.29, 0.717) is 17.0 Å². The summed E-state index contributed by atoms with van der Waals surface area (Å²) in [7, 11) is -3.69. The molecule has 0 heterocycles. The molecule has 0 aliphatic carbocycles. The predicted molar refractivity (Wildman–Crippen MR) is 83.4 cm³/mol. The van der Waals surface area contributed by atoms with Crippen LogP contribution in [0, 0.1) is 5.92 Å². The minimum absolute atomic E-state index is 0.0562. The molecule has 0 atom stereocenters. The van der Waals surface area contributed by atoms with E-state index in [2.05, 4.69) is 29.8 Å². The summed E-state index contributed by atoms with van der Waals surface area (Å²) < 4.78 is 30.3. The van der Waals surface area contributed by atoms with E-state index in [-0.39, 0.29) is 22.8 Å². The van der Waals surface area contributed by atoms with Crippen molar-refractivity contribution in [1.29, 1.82) is 0 Å². The van der Waals surface area contributed by atoms with Gasteiger partial charge in [0.15, 0.2) is 9.84 Å². The summed E-state index contributed by atoms with van der Waals surface area (Å²) in [6, 6.07) is 4.09. The average molecular weight is 379 g/mol. The van der Waals surface area contributed by atoms with Gasteiger partial charge >= 0.3 is 5.97 Å². The fourth-order valence-corrected chi connectivity index (χ4v) is 3.50. The Morgan fingerprint density at radius 2 is 2.00 bits per heavy atom. The number of ether oxygens (including phenoxy) is 1. The molecule has 7 heteroatoms. The molecule has 1 N–H and O–H groups in total. The summed E-state index contributed by atoms with van der Waals surface area (Å²) in [5.74, 6) is -1.01. The van der Waals surface area contributed by atoms with Gasteiger partial charge < -0.3 is 9.84 Å². The monoisotopic (exact) mass is 378 g/mol. The Hall–Kier alpha value is -0.920. The van der Waals surface area contributed by atoms with Gasteiger partial charge in [-0.25, -0.2) is 13.2 Å². The van der Waals surface area contributed by atoms with Crippen LogP contribution in [0.25, 0.3) is 0 Å². The van der Waals surface area contributed by atoms with E-state index in [4.69, 9.17) is 9.84 Å². The van der Waals surface area contributed by atoms with Crippen molar-refractivity contribution >= 4 is 31.7 Å². The van der Waals surface area contributed by atoms with Crippen molar-refractivity contribution in [2.24, 2.45) is 5.92 Å². The van der Waals surface area contributed by atoms with Crippen molar-refractivity contribution in [3.05, 3.63) is 28.2 Å². The quantitative estimate of drug-likeness (QED) is 0.703. The second kappa shape index (κ2) is 7.91. The van der Waals surface area contributed by atoms with Crippen LogP contribution in [0.15, 0.2) is 27.6 Å². The number of halogens is 1. The third-order valence-corrected chi connectivity index (χ3v) is 5.05. The smallest absolute Gasteiger partial charge is 0.337 e. The van der Waals surface area contributed by atoms with Gasteiger partial charge in [0, 0.05) is 11.1 Å². The van der Waals surface area contributed by atoms with Gasteiger partial charge in [0.1, 0.15) is 0 Å². The van der Waals surface area contributed by atoms with Crippen molar-refractivity contribution in [2.45, 2.75) is 25.2 Å². The van der Waals surface area contributed by atoms with E-state index in [0.717, 1.165) is 6.42 Å². The minimum Gasteiger partial charge on any atom is -0.478 e. The van der Waals surface area contributed by atoms with E-state index < -0.39 is 15.8 Å². The lowest BCUT2D eigenvalue weighted by Gasteiger charge is -2.10. The van der Waals surface area contributed by atoms with Gasteiger partial charge in [-0.3, -0.25) is 0 Å². The summed E-state index contributed by atoms with van der Waals surface area (Å²) in [4.78, 5) is 10.9. The third-order valence-electron chi connectivity index (χ3n) is 2.85. The molecule has 0 fully saturated rings. The van der Waals surface area contributed by atoms with E-state index in [9.17, 15) is 13.2 Å². The fourth-order valence-electron chi connectivity index (χ4n) is 1.63. The van der Waals surface area contributed by atoms with Gasteiger partial charge in [-0.1, -0.05) is 29.8 Å². The van der Waals surface area contributed by atoms with Crippen LogP contribution in [-0.4, -0.2) is 38.5 Å². The molecule has 1 rings (SSSR count). The Balaban J connectivity index is 2.79. The van der Waals surface area contributed by atoms with Crippen LogP contribution in [0.1, 0.15) is 30.6 Å². The van der Waals surface area contributed by atoms with Gasteiger partial charge in [-0.2, -0.15) is 0 Å². The second-order valence-electron chi connectivity index (χ2n) is 5.06. The maximum absolute atomic E-state index is 12.2. The van der Waals surface area contributed by atoms with Crippen LogP contribution in [0.5, 0.6) is 0 Å². The van der Waals surface area contributed by atoms with Crippen LogP contribution in [-0.2, 0) is 14.6 Å². The number of carbonyl (C=O) groups is 1. The Morgan fingerprint density at radius 1 is 1.33 bits per heavy atom. The maximum Gasteiger partial charge on any atom is 0.337 e. The Kier molecular flexibility index (Phi) is 6.83. The van der Waals surface area contributed by atoms with E-state index in [1.54, 1.807) is 0 Å². The predicted octanol–water partition coefficient (Wildman–Crippen LogP) is 2.98. The molecule has 0 bridgehead atoms. The maximum atomic E-state index is 12.2. The lowest BCUT2D eigenvalue weighted by Crippen LogP contribution is -2.16. The molecule has 21 heavy (non-hydrogen) atoms. The number of hydrogen-bond donors (Lipinski definition) is 1. The highest BCUT2D eigenvalue weighted by Crippen LogP contribution is 2.22. The topological polar surface area (TPSA) is 80.7 Å². The highest BCUT2D eigenvalue weighted by atomic mass is 79.9. The number of carboxylic acids is 1. The first-order valence-electron chi connectivity index (χ1n) is 6.57. The van der Waals surface area contributed by atoms with Crippen LogP contribution in [0.4, 0.5) is 0 Å². The zero-order valence-electron chi connectivity index (χ0n) is 12.0. The molecule has 0 saturated carbocycles. The van der Waals surface area contributed by atoms with Crippen LogP contribution in [0.3, 0.4) is 0 Å². The molecule has 0 saturated heterocycles. The van der Waals surface area contributed by atoms with Gasteiger partial charge in [0.25, 0.3) is 0 Å². The molecule has 1 aromatic rings. The molecule has 1 aromatic carbocycles. The summed E-state index contributed by atoms with van der Waals surface area (Å²) in [5.41, 5.74) is -0.222. The Morgan fingerprint density at radius 3 is 2.57 bits per heavy atom. The number of carboxylic acid groups (broad SMARTS) is 1. The van der Waals surface area contributed by atoms with E-state index >= 15 is 0 Å². The Bertz CT molecular complexity index is 595. The molecule has 118 valence electrons. The molecule has 5 nitrogen and oxygen atoms in total. The molecule has 0 spiro atoms. The molecular weight excluding hydrogens is 360 g/mol. The number of sulfone groups is 1. The lowest BCUT2D eigenvalue weighted by molar-refractivity contribution is 0.0692. The summed E-state index contributed by atoms with van der Waals surface area (Å²) in [5, 5.41) is 9.08. The first kappa shape index (κ1) is 18.1. The lowest BCUT2D eigenvalue weighted by atomic mass is 10.1. The van der Waals surface area contributed by atoms with Gasteiger partial charge in [0.05, 0.1) is 22.8 Å². The number of rotatable bonds is 8. The Labute approximate surface area is 133 Å². The summed E-state index contributed by atoms with van der Waals surface area (Å²) in [6.45, 7) is 4.67. The highest BCUT2D eigenvalue weighted by molar-refractivity contribution is 9.10. The standard InChI is InChI=1S/C14H19BrO5S/c1-10(2)5-6-20-7-8-21(18,19)13-9-11(15)3-4-12(13)14(16)17/h3-4,9-10H,5-8H2,1-2H3,(H,16,17). The van der Waals surface area contributed by atoms with Crippen LogP contribution in [0.2, 0.25) is 0 Å². The van der Waals surface area contributed by atoms with Crippen LogP contribution < -0.4 is 0 Å². The van der Waals surface area contributed by atoms with Crippen molar-refractivity contribution in [1.82, 2.24) is 0 Å². The van der Waals surface area contributed by atoms with Crippen molar-refractivity contribution in [3.8, 4) is 0 Å². The fraction of sp³-hybridized carbons (Fsp3) is 0.500. The third kappa shape index (κ3) is 5.76. The highest BCUT2D eigenvalue weighted by Gasteiger charge is 2.22. The molecule has 0 aliphatic rings. The van der Waals surface area contributed by atoms with Crippen LogP contribution >= 0.6 is 15.9 Å². The zero-order valence-corrected chi connectivity index (χ0v) is 14.4. The average Bonchev–Trinajstić information content (AvgIpc) is 2.37. The summed E-state index contributed by atoms with van der Waals surface area (Å²) >= 11 is 3.16. The van der Waals surface area contributed by atoms with Gasteiger partial charge in [-0.15, -0.1) is 0 Å². The minimum atomic E-state index is -3.69. The number of aromatic carboxylic acids is 1. The molecule has 0 aromatic heterocycles. The van der Waals surface area contributed by atoms with Crippen molar-refractivity contribution < 1.29 is 23.1 Å². The van der Waals surface area contributed by atoms with Crippen molar-refractivity contribution in [3.63, 3.8) is 0 Å². The van der Waals surface area contributed by atoms with E-state index in [1.807, 2.05) is 0 Å². The van der Waals surface area contributed by atoms with Gasteiger partial charge in [0.2, 0.25) is 0 Å². The molecule has 0 amide bonds. The van der Waals surface area contributed by atoms with E-state index in [1.165, 1.54) is 18.2 Å². The normalized spacial score (nSPS) is 11.8. The largest absolute Gasteiger partial charge is 0.478 e. The SMILES string of the molecule is CC(C)CCOCCS(=O)(=O)c1cc(Br)ccc1C(=O)O. The zero-order chi connectivity index (χ0) is 16.0.